The third-order valence-corrected chi connectivity index (χ3v) is 3.84. The van der Waals surface area contributed by atoms with Crippen molar-refractivity contribution in [2.45, 2.75) is 13.3 Å². The molecule has 0 heterocycles. The van der Waals surface area contributed by atoms with Crippen LogP contribution >= 0.6 is 15.9 Å². The number of hydrogen-bond donors (Lipinski definition) is 1. The van der Waals surface area contributed by atoms with E-state index in [4.69, 9.17) is 4.74 Å². The Kier molecular flexibility index (Phi) is 6.72. The van der Waals surface area contributed by atoms with Crippen LogP contribution in [0.25, 0.3) is 6.08 Å². The highest BCUT2D eigenvalue weighted by atomic mass is 79.9. The van der Waals surface area contributed by atoms with Crippen LogP contribution in [0.4, 0.5) is 10.1 Å². The monoisotopic (exact) mass is 402 g/mol. The Morgan fingerprint density at radius 3 is 2.76 bits per heavy atom. The van der Waals surface area contributed by atoms with Crippen LogP contribution in [-0.2, 0) is 4.79 Å². The van der Waals surface area contributed by atoms with Gasteiger partial charge in [0.2, 0.25) is 0 Å². The van der Waals surface area contributed by atoms with E-state index in [0.29, 0.717) is 17.9 Å². The van der Waals surface area contributed by atoms with Crippen LogP contribution in [0.1, 0.15) is 18.9 Å². The number of ether oxygens (including phenoxy) is 1. The Morgan fingerprint density at radius 1 is 1.36 bits per heavy atom. The Morgan fingerprint density at radius 2 is 2.12 bits per heavy atom. The van der Waals surface area contributed by atoms with Crippen LogP contribution < -0.4 is 10.1 Å². The minimum atomic E-state index is -0.671. The molecule has 1 amide bonds. The van der Waals surface area contributed by atoms with Crippen LogP contribution in [0.3, 0.4) is 0 Å². The molecule has 0 atom stereocenters. The molecule has 0 saturated carbocycles. The van der Waals surface area contributed by atoms with Gasteiger partial charge in [-0.05, 0) is 58.3 Å². The number of carbonyl (C=O) groups is 1. The minimum Gasteiger partial charge on any atom is -0.492 e. The van der Waals surface area contributed by atoms with Gasteiger partial charge in [0, 0.05) is 0 Å². The molecule has 0 aliphatic rings. The molecule has 0 bridgehead atoms. The van der Waals surface area contributed by atoms with E-state index >= 15 is 0 Å². The van der Waals surface area contributed by atoms with Gasteiger partial charge in [-0.2, -0.15) is 5.26 Å². The number of carbonyl (C=O) groups excluding carboxylic acids is 1. The number of amides is 1. The zero-order valence-electron chi connectivity index (χ0n) is 13.6. The van der Waals surface area contributed by atoms with E-state index in [1.165, 1.54) is 24.3 Å². The Bertz CT molecular complexity index is 844. The number of anilines is 1. The van der Waals surface area contributed by atoms with Gasteiger partial charge in [-0.25, -0.2) is 4.39 Å². The fourth-order valence-corrected chi connectivity index (χ4v) is 2.51. The van der Waals surface area contributed by atoms with E-state index in [1.54, 1.807) is 24.3 Å². The van der Waals surface area contributed by atoms with E-state index in [9.17, 15) is 14.4 Å². The quantitative estimate of drug-likeness (QED) is 0.550. The molecule has 0 radical (unpaired) electrons. The van der Waals surface area contributed by atoms with E-state index in [2.05, 4.69) is 21.2 Å². The molecule has 25 heavy (non-hydrogen) atoms. The first kappa shape index (κ1) is 18.7. The molecule has 0 saturated heterocycles. The van der Waals surface area contributed by atoms with Gasteiger partial charge in [-0.3, -0.25) is 4.79 Å². The van der Waals surface area contributed by atoms with Gasteiger partial charge >= 0.3 is 0 Å². The van der Waals surface area contributed by atoms with Crippen molar-refractivity contribution in [3.8, 4) is 11.8 Å². The molecular weight excluding hydrogens is 387 g/mol. The molecule has 1 N–H and O–H groups in total. The van der Waals surface area contributed by atoms with Crippen molar-refractivity contribution >= 4 is 33.6 Å². The maximum absolute atomic E-state index is 13.6. The van der Waals surface area contributed by atoms with Crippen molar-refractivity contribution in [1.29, 1.82) is 5.26 Å². The second-order valence-corrected chi connectivity index (χ2v) is 6.00. The molecular formula is C19H16BrFN2O2. The first-order chi connectivity index (χ1) is 12.0. The largest absolute Gasteiger partial charge is 0.492 e. The maximum atomic E-state index is 13.6. The number of para-hydroxylation sites is 1. The molecule has 6 heteroatoms. The van der Waals surface area contributed by atoms with Gasteiger partial charge in [-0.15, -0.1) is 0 Å². The number of benzene rings is 2. The van der Waals surface area contributed by atoms with Gasteiger partial charge in [-0.1, -0.05) is 25.1 Å². The predicted octanol–water partition coefficient (Wildman–Crippen LogP) is 4.92. The predicted molar refractivity (Wildman–Crippen MR) is 98.5 cm³/mol. The molecule has 0 aliphatic heterocycles. The topological polar surface area (TPSA) is 62.1 Å². The van der Waals surface area contributed by atoms with Gasteiger partial charge in [0.05, 0.1) is 16.8 Å². The number of hydrogen-bond acceptors (Lipinski definition) is 3. The zero-order chi connectivity index (χ0) is 18.2. The van der Waals surface area contributed by atoms with Gasteiger partial charge < -0.3 is 10.1 Å². The van der Waals surface area contributed by atoms with E-state index in [1.807, 2.05) is 13.0 Å². The number of nitrogens with zero attached hydrogens (tertiary/aromatic N) is 1. The average molecular weight is 403 g/mol. The van der Waals surface area contributed by atoms with Crippen molar-refractivity contribution in [3.05, 3.63) is 63.9 Å². The number of rotatable bonds is 6. The summed E-state index contributed by atoms with van der Waals surface area (Å²) in [5.74, 6) is -0.545. The number of nitrogens with one attached hydrogen (secondary N) is 1. The summed E-state index contributed by atoms with van der Waals surface area (Å²) in [7, 11) is 0. The SMILES string of the molecule is CCCOc1ccc(/C=C(\C#N)C(=O)Nc2ccccc2F)cc1Br. The van der Waals surface area contributed by atoms with Crippen molar-refractivity contribution in [2.24, 2.45) is 0 Å². The molecule has 0 aliphatic carbocycles. The summed E-state index contributed by atoms with van der Waals surface area (Å²) in [4.78, 5) is 12.2. The molecule has 0 fully saturated rings. The van der Waals surface area contributed by atoms with Crippen molar-refractivity contribution in [1.82, 2.24) is 0 Å². The Labute approximate surface area is 154 Å². The highest BCUT2D eigenvalue weighted by Gasteiger charge is 2.12. The molecule has 2 aromatic carbocycles. The molecule has 4 nitrogen and oxygen atoms in total. The summed E-state index contributed by atoms with van der Waals surface area (Å²) in [6.07, 6.45) is 2.33. The minimum absolute atomic E-state index is 0.0261. The van der Waals surface area contributed by atoms with E-state index < -0.39 is 11.7 Å². The third kappa shape index (κ3) is 5.16. The van der Waals surface area contributed by atoms with Crippen molar-refractivity contribution in [3.63, 3.8) is 0 Å². The van der Waals surface area contributed by atoms with Gasteiger partial charge in [0.25, 0.3) is 5.91 Å². The lowest BCUT2D eigenvalue weighted by atomic mass is 10.1. The highest BCUT2D eigenvalue weighted by Crippen LogP contribution is 2.27. The van der Waals surface area contributed by atoms with Crippen molar-refractivity contribution < 1.29 is 13.9 Å². The van der Waals surface area contributed by atoms with Crippen LogP contribution in [-0.4, -0.2) is 12.5 Å². The van der Waals surface area contributed by atoms with E-state index in [0.717, 1.165) is 10.9 Å². The summed E-state index contributed by atoms with van der Waals surface area (Å²) < 4.78 is 19.9. The standard InChI is InChI=1S/C19H16BrFN2O2/c1-2-9-25-18-8-7-13(11-15(18)20)10-14(12-22)19(24)23-17-6-4-3-5-16(17)21/h3-8,10-11H,2,9H2,1H3,(H,23,24)/b14-10+. The Balaban J connectivity index is 2.19. The van der Waals surface area contributed by atoms with Crippen LogP contribution in [0, 0.1) is 17.1 Å². The average Bonchev–Trinajstić information content (AvgIpc) is 2.60. The van der Waals surface area contributed by atoms with Gasteiger partial charge in [0.15, 0.2) is 0 Å². The Hall–Kier alpha value is -2.65. The summed E-state index contributed by atoms with van der Waals surface area (Å²) in [5, 5.41) is 11.6. The molecule has 2 rings (SSSR count). The smallest absolute Gasteiger partial charge is 0.266 e. The van der Waals surface area contributed by atoms with Gasteiger partial charge in [0.1, 0.15) is 23.2 Å². The molecule has 0 spiro atoms. The summed E-state index contributed by atoms with van der Waals surface area (Å²) in [5.41, 5.74) is 0.548. The second-order valence-electron chi connectivity index (χ2n) is 5.14. The first-order valence-electron chi connectivity index (χ1n) is 7.65. The van der Waals surface area contributed by atoms with Crippen molar-refractivity contribution in [2.75, 3.05) is 11.9 Å². The maximum Gasteiger partial charge on any atom is 0.266 e. The summed E-state index contributed by atoms with van der Waals surface area (Å²) in [6, 6.07) is 12.9. The molecule has 2 aromatic rings. The van der Waals surface area contributed by atoms with Crippen LogP contribution in [0.2, 0.25) is 0 Å². The molecule has 128 valence electrons. The summed E-state index contributed by atoms with van der Waals surface area (Å²) in [6.45, 7) is 2.61. The zero-order valence-corrected chi connectivity index (χ0v) is 15.1. The van der Waals surface area contributed by atoms with Crippen LogP contribution in [0.15, 0.2) is 52.5 Å². The number of nitriles is 1. The fourth-order valence-electron chi connectivity index (χ4n) is 2.00. The van der Waals surface area contributed by atoms with E-state index in [-0.39, 0.29) is 11.3 Å². The molecule has 0 aromatic heterocycles. The lowest BCUT2D eigenvalue weighted by molar-refractivity contribution is -0.112. The third-order valence-electron chi connectivity index (χ3n) is 3.22. The number of halogens is 2. The summed E-state index contributed by atoms with van der Waals surface area (Å²) >= 11 is 3.40. The highest BCUT2D eigenvalue weighted by molar-refractivity contribution is 9.10. The normalized spacial score (nSPS) is 10.9. The van der Waals surface area contributed by atoms with Crippen LogP contribution in [0.5, 0.6) is 5.75 Å². The first-order valence-corrected chi connectivity index (χ1v) is 8.44. The second kappa shape index (κ2) is 9.00. The lowest BCUT2D eigenvalue weighted by Gasteiger charge is -2.08. The molecule has 0 unspecified atom stereocenters. The lowest BCUT2D eigenvalue weighted by Crippen LogP contribution is -2.14. The fraction of sp³-hybridized carbons (Fsp3) is 0.158.